The highest BCUT2D eigenvalue weighted by Gasteiger charge is 2.22. The van der Waals surface area contributed by atoms with Gasteiger partial charge in [0.25, 0.3) is 0 Å². The first-order chi connectivity index (χ1) is 25.7. The number of methoxy groups -OCH3 is 1. The van der Waals surface area contributed by atoms with Gasteiger partial charge in [-0.05, 0) is 105 Å². The van der Waals surface area contributed by atoms with Crippen LogP contribution in [0.3, 0.4) is 0 Å². The normalized spacial score (nSPS) is 11.1. The largest absolute Gasteiger partial charge is 0.496 e. The van der Waals surface area contributed by atoms with Gasteiger partial charge in [-0.1, -0.05) is 85.7 Å². The van der Waals surface area contributed by atoms with Crippen molar-refractivity contribution in [3.63, 3.8) is 0 Å². The Morgan fingerprint density at radius 2 is 1.24 bits per heavy atom. The number of esters is 3. The van der Waals surface area contributed by atoms with Crippen LogP contribution in [-0.4, -0.2) is 31.6 Å². The summed E-state index contributed by atoms with van der Waals surface area (Å²) in [5.41, 5.74) is 9.12. The molecule has 0 aliphatic carbocycles. The Kier molecular flexibility index (Phi) is 13.8. The predicted molar refractivity (Wildman–Crippen MR) is 215 cm³/mol. The van der Waals surface area contributed by atoms with Crippen molar-refractivity contribution in [2.75, 3.05) is 13.7 Å². The van der Waals surface area contributed by atoms with Gasteiger partial charge < -0.3 is 18.9 Å². The minimum absolute atomic E-state index is 0.126. The maximum Gasteiger partial charge on any atom is 0.337 e. The van der Waals surface area contributed by atoms with Crippen molar-refractivity contribution >= 4 is 30.1 Å². The fourth-order valence-electron chi connectivity index (χ4n) is 5.20. The lowest BCUT2D eigenvalue weighted by molar-refractivity contribution is -0.146. The predicted octanol–water partition coefficient (Wildman–Crippen LogP) is 10.0. The summed E-state index contributed by atoms with van der Waals surface area (Å²) in [6.07, 6.45) is 6.59. The summed E-state index contributed by atoms with van der Waals surface area (Å²) < 4.78 is 21.8. The Hall–Kier alpha value is -6.39. The lowest BCUT2D eigenvalue weighted by Crippen LogP contribution is -2.20. The van der Waals surface area contributed by atoms with Crippen LogP contribution in [-0.2, 0) is 35.0 Å². The first-order valence-corrected chi connectivity index (χ1v) is 17.4. The van der Waals surface area contributed by atoms with Crippen LogP contribution >= 0.6 is 0 Å². The van der Waals surface area contributed by atoms with E-state index in [4.69, 9.17) is 18.9 Å². The molecule has 0 spiro atoms. The van der Waals surface area contributed by atoms with Crippen LogP contribution in [0.15, 0.2) is 116 Å². The Morgan fingerprint density at radius 3 is 1.78 bits per heavy atom. The minimum atomic E-state index is -0.585. The molecule has 0 radical (unpaired) electrons. The van der Waals surface area contributed by atoms with Gasteiger partial charge in [-0.2, -0.15) is 0 Å². The average Bonchev–Trinajstić information content (AvgIpc) is 3.14. The molecule has 0 atom stereocenters. The molecule has 0 unspecified atom stereocenters. The highest BCUT2D eigenvalue weighted by Crippen LogP contribution is 2.39. The van der Waals surface area contributed by atoms with Crippen LogP contribution in [0.5, 0.6) is 5.75 Å². The molecule has 7 nitrogen and oxygen atoms in total. The van der Waals surface area contributed by atoms with Crippen LogP contribution < -0.4 is 4.74 Å². The van der Waals surface area contributed by atoms with Gasteiger partial charge in [0.15, 0.2) is 0 Å². The van der Waals surface area contributed by atoms with E-state index in [0.29, 0.717) is 23.3 Å². The lowest BCUT2D eigenvalue weighted by Gasteiger charge is -2.19. The molecule has 0 aliphatic rings. The zero-order valence-corrected chi connectivity index (χ0v) is 32.0. The first kappa shape index (κ1) is 40.4. The molecular formula is C47H46O7. The summed E-state index contributed by atoms with van der Waals surface area (Å²) in [5, 5.41) is 0. The highest BCUT2D eigenvalue weighted by atomic mass is 16.5. The summed E-state index contributed by atoms with van der Waals surface area (Å²) in [6, 6.07) is 25.8. The van der Waals surface area contributed by atoms with Crippen molar-refractivity contribution in [2.45, 2.75) is 48.0 Å². The Morgan fingerprint density at radius 1 is 0.722 bits per heavy atom. The topological polar surface area (TPSA) is 88.1 Å². The van der Waals surface area contributed by atoms with Gasteiger partial charge in [0, 0.05) is 39.8 Å². The minimum Gasteiger partial charge on any atom is -0.496 e. The smallest absolute Gasteiger partial charge is 0.337 e. The van der Waals surface area contributed by atoms with E-state index in [-0.39, 0.29) is 12.6 Å². The van der Waals surface area contributed by atoms with Crippen LogP contribution in [0.25, 0.3) is 34.4 Å². The van der Waals surface area contributed by atoms with Gasteiger partial charge in [0.1, 0.15) is 5.75 Å². The molecule has 0 amide bonds. The number of aryl methyl sites for hydroxylation is 1. The third-order valence-corrected chi connectivity index (χ3v) is 8.22. The van der Waals surface area contributed by atoms with Gasteiger partial charge >= 0.3 is 17.9 Å². The average molecular weight is 723 g/mol. The summed E-state index contributed by atoms with van der Waals surface area (Å²) in [4.78, 5) is 35.9. The molecule has 0 bridgehead atoms. The summed E-state index contributed by atoms with van der Waals surface area (Å²) >= 11 is 0. The van der Waals surface area contributed by atoms with Crippen molar-refractivity contribution in [1.29, 1.82) is 0 Å². The molecule has 0 saturated carbocycles. The molecule has 4 rings (SSSR count). The van der Waals surface area contributed by atoms with Crippen LogP contribution in [0.2, 0.25) is 0 Å². The van der Waals surface area contributed by atoms with E-state index >= 15 is 0 Å². The number of carbonyl (C=O) groups is 3. The third kappa shape index (κ3) is 11.1. The van der Waals surface area contributed by atoms with Crippen LogP contribution in [0, 0.1) is 24.2 Å². The number of hydrogen-bond donors (Lipinski definition) is 0. The zero-order chi connectivity index (χ0) is 39.4. The van der Waals surface area contributed by atoms with Crippen LogP contribution in [0.4, 0.5) is 0 Å². The maximum atomic E-state index is 12.2. The molecule has 4 aromatic carbocycles. The van der Waals surface area contributed by atoms with Crippen molar-refractivity contribution in [3.8, 4) is 39.8 Å². The molecule has 0 aliphatic heterocycles. The van der Waals surface area contributed by atoms with Crippen molar-refractivity contribution in [1.82, 2.24) is 0 Å². The highest BCUT2D eigenvalue weighted by molar-refractivity contribution is 5.88. The van der Waals surface area contributed by atoms with E-state index in [0.717, 1.165) is 55.6 Å². The van der Waals surface area contributed by atoms with Crippen molar-refractivity contribution in [2.24, 2.45) is 5.41 Å². The molecule has 7 heteroatoms. The fraction of sp³-hybridized carbons (Fsp3) is 0.213. The second kappa shape index (κ2) is 18.4. The maximum absolute atomic E-state index is 12.2. The molecule has 0 saturated heterocycles. The van der Waals surface area contributed by atoms with Gasteiger partial charge in [0.2, 0.25) is 0 Å². The summed E-state index contributed by atoms with van der Waals surface area (Å²) in [7, 11) is 1.63. The molecule has 4 aromatic rings. The van der Waals surface area contributed by atoms with Gasteiger partial charge in [0.05, 0.1) is 31.7 Å². The van der Waals surface area contributed by atoms with Gasteiger partial charge in [-0.3, -0.25) is 4.79 Å². The van der Waals surface area contributed by atoms with E-state index < -0.39 is 17.4 Å². The molecule has 0 N–H and O–H groups in total. The van der Waals surface area contributed by atoms with E-state index in [2.05, 4.69) is 49.3 Å². The number of carbonyl (C=O) groups excluding carboxylic acids is 3. The van der Waals surface area contributed by atoms with Gasteiger partial charge in [-0.15, -0.1) is 0 Å². The summed E-state index contributed by atoms with van der Waals surface area (Å²) in [5.74, 6) is 6.02. The monoisotopic (exact) mass is 722 g/mol. The fourth-order valence-corrected chi connectivity index (χ4v) is 5.20. The Labute approximate surface area is 318 Å². The standard InChI is InChI=1S/C47H46O7/c1-31(2)44(48)52-27-24-36-14-17-37(18-15-36)38-20-22-39(23-21-38)42-33(5)30-40(41(43(42)51-9)26-29-53-45(49)32(3)4)19-16-34-10-12-35(13-11-34)25-28-54-46(50)47(6,7)8/h10-15,17-18,20-25,27-28,30H,1,3,26,29H2,2,4-9H3/b27-24+,28-25+. The molecule has 0 heterocycles. The Bertz CT molecular complexity index is 2150. The molecule has 54 heavy (non-hydrogen) atoms. The zero-order valence-electron chi connectivity index (χ0n) is 32.0. The van der Waals surface area contributed by atoms with Crippen LogP contribution in [0.1, 0.15) is 68.0 Å². The number of hydrogen-bond acceptors (Lipinski definition) is 7. The van der Waals surface area contributed by atoms with E-state index in [1.54, 1.807) is 53.9 Å². The summed E-state index contributed by atoms with van der Waals surface area (Å²) in [6.45, 7) is 18.0. The van der Waals surface area contributed by atoms with E-state index in [1.807, 2.05) is 61.5 Å². The number of rotatable bonds is 12. The van der Waals surface area contributed by atoms with Crippen molar-refractivity contribution < 1.29 is 33.3 Å². The SMILES string of the molecule is C=C(C)C(=O)O/C=C/c1ccc(-c2ccc(-c3c(C)cc(C#Cc4ccc(/C=C/OC(=O)C(C)(C)C)cc4)c(CCOC(=O)C(=C)C)c3OC)cc2)cc1. The molecule has 0 aromatic heterocycles. The van der Waals surface area contributed by atoms with E-state index in [9.17, 15) is 14.4 Å². The third-order valence-electron chi connectivity index (χ3n) is 8.22. The van der Waals surface area contributed by atoms with E-state index in [1.165, 1.54) is 12.5 Å². The lowest BCUT2D eigenvalue weighted by atomic mass is 9.90. The molecule has 276 valence electrons. The molecule has 0 fully saturated rings. The molecular weight excluding hydrogens is 677 g/mol. The second-order valence-electron chi connectivity index (χ2n) is 13.8. The second-order valence-corrected chi connectivity index (χ2v) is 13.8. The van der Waals surface area contributed by atoms with Gasteiger partial charge in [-0.25, -0.2) is 9.59 Å². The quantitative estimate of drug-likeness (QED) is 0.0473. The number of ether oxygens (including phenoxy) is 4. The Balaban J connectivity index is 1.62. The van der Waals surface area contributed by atoms with Crippen molar-refractivity contribution in [3.05, 3.63) is 149 Å². The number of benzene rings is 4. The first-order valence-electron chi connectivity index (χ1n) is 17.4.